The fraction of sp³-hybridized carbons (Fsp3) is 0.444. The van der Waals surface area contributed by atoms with Crippen molar-refractivity contribution < 1.29 is 9.53 Å². The second kappa shape index (κ2) is 8.67. The van der Waals surface area contributed by atoms with Crippen molar-refractivity contribution in [1.29, 1.82) is 0 Å². The molecule has 0 spiro atoms. The SMILES string of the molecule is C=CCN(C(=S)NC(=O)c1ccc(OC)cc1)C1CCCCC1. The lowest BCUT2D eigenvalue weighted by Crippen LogP contribution is -2.48. The average molecular weight is 332 g/mol. The van der Waals surface area contributed by atoms with Gasteiger partial charge in [-0.05, 0) is 49.3 Å². The Morgan fingerprint density at radius 1 is 1.35 bits per heavy atom. The van der Waals surface area contributed by atoms with Crippen LogP contribution in [0.3, 0.4) is 0 Å². The van der Waals surface area contributed by atoms with Crippen LogP contribution in [0.1, 0.15) is 42.5 Å². The molecule has 124 valence electrons. The molecule has 2 rings (SSSR count). The second-order valence-electron chi connectivity index (χ2n) is 5.72. The van der Waals surface area contributed by atoms with Crippen LogP contribution in [0.15, 0.2) is 36.9 Å². The molecule has 0 aromatic heterocycles. The van der Waals surface area contributed by atoms with Crippen molar-refractivity contribution in [3.05, 3.63) is 42.5 Å². The van der Waals surface area contributed by atoms with E-state index in [2.05, 4.69) is 16.8 Å². The quantitative estimate of drug-likeness (QED) is 0.661. The molecule has 5 heteroatoms. The zero-order valence-corrected chi connectivity index (χ0v) is 14.4. The number of methoxy groups -OCH3 is 1. The van der Waals surface area contributed by atoms with Gasteiger partial charge in [0.15, 0.2) is 5.11 Å². The summed E-state index contributed by atoms with van der Waals surface area (Å²) in [4.78, 5) is 14.4. The third-order valence-corrected chi connectivity index (χ3v) is 4.51. The van der Waals surface area contributed by atoms with E-state index in [4.69, 9.17) is 17.0 Å². The number of hydrogen-bond acceptors (Lipinski definition) is 3. The van der Waals surface area contributed by atoms with E-state index >= 15 is 0 Å². The van der Waals surface area contributed by atoms with E-state index in [1.807, 2.05) is 6.08 Å². The van der Waals surface area contributed by atoms with Crippen LogP contribution >= 0.6 is 12.2 Å². The van der Waals surface area contributed by atoms with Crippen LogP contribution in [0.25, 0.3) is 0 Å². The van der Waals surface area contributed by atoms with Gasteiger partial charge in [0, 0.05) is 18.2 Å². The van der Waals surface area contributed by atoms with Gasteiger partial charge in [-0.2, -0.15) is 0 Å². The van der Waals surface area contributed by atoms with Crippen LogP contribution in [0.2, 0.25) is 0 Å². The van der Waals surface area contributed by atoms with Crippen molar-refractivity contribution in [2.45, 2.75) is 38.1 Å². The summed E-state index contributed by atoms with van der Waals surface area (Å²) in [5.74, 6) is 0.530. The highest BCUT2D eigenvalue weighted by molar-refractivity contribution is 7.80. The highest BCUT2D eigenvalue weighted by Gasteiger charge is 2.23. The van der Waals surface area contributed by atoms with Crippen molar-refractivity contribution >= 4 is 23.2 Å². The number of thiocarbonyl (C=S) groups is 1. The minimum atomic E-state index is -0.192. The topological polar surface area (TPSA) is 41.6 Å². The number of ether oxygens (including phenoxy) is 1. The predicted molar refractivity (Wildman–Crippen MR) is 96.8 cm³/mol. The zero-order valence-electron chi connectivity index (χ0n) is 13.6. The molecule has 1 amide bonds. The first-order valence-electron chi connectivity index (χ1n) is 8.02. The molecular weight excluding hydrogens is 308 g/mol. The zero-order chi connectivity index (χ0) is 16.7. The normalized spacial score (nSPS) is 14.8. The fourth-order valence-corrected chi connectivity index (χ4v) is 3.23. The van der Waals surface area contributed by atoms with Gasteiger partial charge in [-0.1, -0.05) is 25.3 Å². The number of nitrogens with zero attached hydrogens (tertiary/aromatic N) is 1. The molecule has 1 aliphatic carbocycles. The third-order valence-electron chi connectivity index (χ3n) is 4.17. The van der Waals surface area contributed by atoms with Crippen LogP contribution in [0.5, 0.6) is 5.75 Å². The van der Waals surface area contributed by atoms with Crippen molar-refractivity contribution in [2.24, 2.45) is 0 Å². The Kier molecular flexibility index (Phi) is 6.59. The number of carbonyl (C=O) groups excluding carboxylic acids is 1. The van der Waals surface area contributed by atoms with Gasteiger partial charge in [0.2, 0.25) is 0 Å². The van der Waals surface area contributed by atoms with E-state index in [0.717, 1.165) is 18.6 Å². The molecular formula is C18H24N2O2S. The Morgan fingerprint density at radius 2 is 2.00 bits per heavy atom. The summed E-state index contributed by atoms with van der Waals surface area (Å²) in [5, 5.41) is 3.33. The van der Waals surface area contributed by atoms with Gasteiger partial charge in [-0.15, -0.1) is 6.58 Å². The molecule has 0 unspecified atom stereocenters. The molecule has 0 saturated heterocycles. The fourth-order valence-electron chi connectivity index (χ4n) is 2.91. The van der Waals surface area contributed by atoms with Crippen LogP contribution in [0.4, 0.5) is 0 Å². The largest absolute Gasteiger partial charge is 0.497 e. The summed E-state index contributed by atoms with van der Waals surface area (Å²) in [6.07, 6.45) is 7.78. The van der Waals surface area contributed by atoms with E-state index in [1.54, 1.807) is 31.4 Å². The first kappa shape index (κ1) is 17.5. The first-order chi connectivity index (χ1) is 11.2. The summed E-state index contributed by atoms with van der Waals surface area (Å²) >= 11 is 5.47. The lowest BCUT2D eigenvalue weighted by atomic mass is 9.94. The van der Waals surface area contributed by atoms with Gasteiger partial charge in [0.05, 0.1) is 7.11 Å². The lowest BCUT2D eigenvalue weighted by molar-refractivity contribution is 0.0971. The first-order valence-corrected chi connectivity index (χ1v) is 8.43. The Balaban J connectivity index is 2.01. The van der Waals surface area contributed by atoms with Crippen molar-refractivity contribution in [2.75, 3.05) is 13.7 Å². The van der Waals surface area contributed by atoms with Crippen LogP contribution < -0.4 is 10.1 Å². The Hall–Kier alpha value is -1.88. The molecule has 0 atom stereocenters. The highest BCUT2D eigenvalue weighted by atomic mass is 32.1. The molecule has 0 aliphatic heterocycles. The van der Waals surface area contributed by atoms with E-state index in [9.17, 15) is 4.79 Å². The minimum absolute atomic E-state index is 0.192. The van der Waals surface area contributed by atoms with Gasteiger partial charge < -0.3 is 9.64 Å². The van der Waals surface area contributed by atoms with E-state index in [0.29, 0.717) is 23.3 Å². The van der Waals surface area contributed by atoms with E-state index in [1.165, 1.54) is 19.3 Å². The molecule has 1 aromatic carbocycles. The Labute approximate surface area is 143 Å². The van der Waals surface area contributed by atoms with Crippen molar-refractivity contribution in [3.8, 4) is 5.75 Å². The third kappa shape index (κ3) is 4.79. The Bertz CT molecular complexity index is 551. The molecule has 1 aliphatic rings. The smallest absolute Gasteiger partial charge is 0.257 e. The van der Waals surface area contributed by atoms with Crippen LogP contribution in [-0.4, -0.2) is 35.6 Å². The maximum Gasteiger partial charge on any atom is 0.257 e. The molecule has 0 heterocycles. The molecule has 1 saturated carbocycles. The molecule has 0 radical (unpaired) electrons. The lowest BCUT2D eigenvalue weighted by Gasteiger charge is -2.35. The highest BCUT2D eigenvalue weighted by Crippen LogP contribution is 2.22. The van der Waals surface area contributed by atoms with Gasteiger partial charge in [-0.25, -0.2) is 0 Å². The summed E-state index contributed by atoms with van der Waals surface area (Å²) in [6, 6.07) is 7.39. The van der Waals surface area contributed by atoms with Gasteiger partial charge in [0.1, 0.15) is 5.75 Å². The van der Waals surface area contributed by atoms with Gasteiger partial charge in [-0.3, -0.25) is 10.1 Å². The summed E-state index contributed by atoms with van der Waals surface area (Å²) in [7, 11) is 1.60. The number of benzene rings is 1. The number of nitrogens with one attached hydrogen (secondary N) is 1. The standard InChI is InChI=1S/C18H24N2O2S/c1-3-13-20(15-7-5-4-6-8-15)18(23)19-17(21)14-9-11-16(22-2)12-10-14/h3,9-12,15H,1,4-8,13H2,2H3,(H,19,21,23). The number of hydrogen-bond donors (Lipinski definition) is 1. The molecule has 1 aromatic rings. The molecule has 23 heavy (non-hydrogen) atoms. The maximum atomic E-state index is 12.4. The molecule has 1 N–H and O–H groups in total. The van der Waals surface area contributed by atoms with Crippen LogP contribution in [0, 0.1) is 0 Å². The van der Waals surface area contributed by atoms with Gasteiger partial charge >= 0.3 is 0 Å². The van der Waals surface area contributed by atoms with Crippen molar-refractivity contribution in [1.82, 2.24) is 10.2 Å². The molecule has 1 fully saturated rings. The van der Waals surface area contributed by atoms with Gasteiger partial charge in [0.25, 0.3) is 5.91 Å². The number of rotatable bonds is 5. The second-order valence-corrected chi connectivity index (χ2v) is 6.11. The summed E-state index contributed by atoms with van der Waals surface area (Å²) in [5.41, 5.74) is 0.565. The van der Waals surface area contributed by atoms with Crippen molar-refractivity contribution in [3.63, 3.8) is 0 Å². The van der Waals surface area contributed by atoms with E-state index in [-0.39, 0.29) is 5.91 Å². The summed E-state index contributed by atoms with van der Waals surface area (Å²) < 4.78 is 5.10. The minimum Gasteiger partial charge on any atom is -0.497 e. The number of amides is 1. The number of carbonyl (C=O) groups is 1. The maximum absolute atomic E-state index is 12.4. The average Bonchev–Trinajstić information content (AvgIpc) is 2.60. The predicted octanol–water partition coefficient (Wildman–Crippen LogP) is 3.53. The van der Waals surface area contributed by atoms with Crippen LogP contribution in [-0.2, 0) is 0 Å². The summed E-state index contributed by atoms with van der Waals surface area (Å²) in [6.45, 7) is 4.47. The monoisotopic (exact) mass is 332 g/mol. The Morgan fingerprint density at radius 3 is 2.57 bits per heavy atom. The molecule has 0 bridgehead atoms. The van der Waals surface area contributed by atoms with E-state index < -0.39 is 0 Å². The molecule has 4 nitrogen and oxygen atoms in total.